The fraction of sp³-hybridized carbons (Fsp3) is 0.267. The topological polar surface area (TPSA) is 94.7 Å². The third-order valence-electron chi connectivity index (χ3n) is 3.39. The lowest BCUT2D eigenvalue weighted by Gasteiger charge is -2.11. The van der Waals surface area contributed by atoms with E-state index in [0.717, 1.165) is 0 Å². The Bertz CT molecular complexity index is 978. The number of hydrogen-bond donors (Lipinski definition) is 1. The lowest BCUT2D eigenvalue weighted by Crippen LogP contribution is -2.22. The molecule has 0 radical (unpaired) electrons. The van der Waals surface area contributed by atoms with Crippen molar-refractivity contribution in [2.24, 2.45) is 0 Å². The van der Waals surface area contributed by atoms with Crippen LogP contribution in [0.15, 0.2) is 34.3 Å². The van der Waals surface area contributed by atoms with Gasteiger partial charge in [0, 0.05) is 19.7 Å². The van der Waals surface area contributed by atoms with Gasteiger partial charge >= 0.3 is 0 Å². The molecule has 3 aromatic rings. The fourth-order valence-electron chi connectivity index (χ4n) is 2.42. The summed E-state index contributed by atoms with van der Waals surface area (Å²) in [5.74, 6) is 0.703. The number of nitrogens with zero attached hydrogens (tertiary/aromatic N) is 5. The number of amides is 1. The number of aromatic nitrogens is 5. The fourth-order valence-corrected chi connectivity index (χ4v) is 2.76. The molecule has 0 aromatic carbocycles. The van der Waals surface area contributed by atoms with E-state index in [9.17, 15) is 9.59 Å². The summed E-state index contributed by atoms with van der Waals surface area (Å²) in [5.41, 5.74) is 0.320. The van der Waals surface area contributed by atoms with Crippen molar-refractivity contribution < 1.29 is 4.79 Å². The van der Waals surface area contributed by atoms with Crippen LogP contribution in [-0.2, 0) is 11.3 Å². The maximum atomic E-state index is 12.6. The van der Waals surface area contributed by atoms with Gasteiger partial charge in [0.2, 0.25) is 5.91 Å². The van der Waals surface area contributed by atoms with E-state index in [2.05, 4.69) is 20.3 Å². The normalized spacial score (nSPS) is 11.0. The van der Waals surface area contributed by atoms with E-state index < -0.39 is 0 Å². The molecule has 0 atom stereocenters. The molecular weight excluding hydrogens is 328 g/mol. The van der Waals surface area contributed by atoms with Crippen LogP contribution in [0.1, 0.15) is 13.8 Å². The molecule has 1 N–H and O–H groups in total. The minimum Gasteiger partial charge on any atom is -0.311 e. The number of thioether (sulfide) groups is 1. The van der Waals surface area contributed by atoms with Crippen LogP contribution in [0.5, 0.6) is 0 Å². The molecule has 0 saturated heterocycles. The molecular formula is C15H16N6O2S. The number of hydrogen-bond acceptors (Lipinski definition) is 6. The summed E-state index contributed by atoms with van der Waals surface area (Å²) in [4.78, 5) is 36.9. The first-order valence-electron chi connectivity index (χ1n) is 7.32. The van der Waals surface area contributed by atoms with Gasteiger partial charge in [0.25, 0.3) is 5.56 Å². The summed E-state index contributed by atoms with van der Waals surface area (Å²) >= 11 is 1.40. The number of carbonyl (C=O) groups is 1. The first-order valence-corrected chi connectivity index (χ1v) is 8.55. The average Bonchev–Trinajstić information content (AvgIpc) is 2.86. The van der Waals surface area contributed by atoms with E-state index >= 15 is 0 Å². The summed E-state index contributed by atoms with van der Waals surface area (Å²) in [6.07, 6.45) is 3.41. The summed E-state index contributed by atoms with van der Waals surface area (Å²) in [5, 5.41) is 3.65. The van der Waals surface area contributed by atoms with Gasteiger partial charge in [-0.25, -0.2) is 24.3 Å². The van der Waals surface area contributed by atoms with E-state index in [-0.39, 0.29) is 11.5 Å². The third kappa shape index (κ3) is 2.78. The van der Waals surface area contributed by atoms with Crippen LogP contribution in [0.4, 0.5) is 5.82 Å². The zero-order valence-electron chi connectivity index (χ0n) is 13.5. The molecule has 0 spiro atoms. The maximum Gasteiger partial charge on any atom is 0.278 e. The highest BCUT2D eigenvalue weighted by molar-refractivity contribution is 7.98. The van der Waals surface area contributed by atoms with E-state index in [0.29, 0.717) is 34.4 Å². The van der Waals surface area contributed by atoms with Gasteiger partial charge in [-0.2, -0.15) is 0 Å². The second-order valence-corrected chi connectivity index (χ2v) is 5.76. The van der Waals surface area contributed by atoms with Crippen LogP contribution in [0.2, 0.25) is 0 Å². The van der Waals surface area contributed by atoms with Crippen molar-refractivity contribution in [2.75, 3.05) is 11.6 Å². The zero-order chi connectivity index (χ0) is 17.3. The first kappa shape index (κ1) is 16.2. The maximum absolute atomic E-state index is 12.6. The van der Waals surface area contributed by atoms with Crippen molar-refractivity contribution in [1.82, 2.24) is 24.3 Å². The monoisotopic (exact) mass is 344 g/mol. The van der Waals surface area contributed by atoms with E-state index in [1.807, 2.05) is 13.2 Å². The van der Waals surface area contributed by atoms with Crippen molar-refractivity contribution >= 4 is 34.5 Å². The largest absolute Gasteiger partial charge is 0.311 e. The molecule has 0 aliphatic rings. The Labute approximate surface area is 141 Å². The minimum atomic E-state index is -0.211. The Hall–Kier alpha value is -2.68. The van der Waals surface area contributed by atoms with Crippen molar-refractivity contribution in [3.05, 3.63) is 34.7 Å². The lowest BCUT2D eigenvalue weighted by molar-refractivity contribution is -0.114. The minimum absolute atomic E-state index is 0.174. The molecule has 24 heavy (non-hydrogen) atoms. The van der Waals surface area contributed by atoms with Gasteiger partial charge in [0.05, 0.1) is 0 Å². The first-order chi connectivity index (χ1) is 11.5. The van der Waals surface area contributed by atoms with E-state index in [1.165, 1.54) is 24.9 Å². The summed E-state index contributed by atoms with van der Waals surface area (Å²) in [7, 11) is 0. The summed E-state index contributed by atoms with van der Waals surface area (Å²) in [6.45, 7) is 3.74. The summed E-state index contributed by atoms with van der Waals surface area (Å²) < 4.78 is 3.20. The number of pyridine rings is 1. The molecule has 0 unspecified atom stereocenters. The number of rotatable bonds is 4. The highest BCUT2D eigenvalue weighted by atomic mass is 32.2. The SMILES string of the molecule is CCn1c(=O)c2cnc(SC)nc2n1-c1cccc(NC(C)=O)n1. The van der Waals surface area contributed by atoms with E-state index in [4.69, 9.17) is 0 Å². The number of fused-ring (bicyclic) bond motifs is 1. The van der Waals surface area contributed by atoms with E-state index in [1.54, 1.807) is 27.6 Å². The predicted octanol–water partition coefficient (Wildman–Crippen LogP) is 1.68. The van der Waals surface area contributed by atoms with Gasteiger partial charge < -0.3 is 5.32 Å². The van der Waals surface area contributed by atoms with Crippen LogP contribution in [0.3, 0.4) is 0 Å². The Morgan fingerprint density at radius 3 is 2.79 bits per heavy atom. The highest BCUT2D eigenvalue weighted by Crippen LogP contribution is 2.18. The van der Waals surface area contributed by atoms with Crippen LogP contribution in [0.25, 0.3) is 16.9 Å². The molecule has 3 aromatic heterocycles. The molecule has 1 amide bonds. The van der Waals surface area contributed by atoms with Crippen LogP contribution in [0, 0.1) is 0 Å². The van der Waals surface area contributed by atoms with Crippen molar-refractivity contribution in [3.63, 3.8) is 0 Å². The Balaban J connectivity index is 2.28. The van der Waals surface area contributed by atoms with Crippen LogP contribution < -0.4 is 10.9 Å². The number of anilines is 1. The van der Waals surface area contributed by atoms with Crippen LogP contribution in [-0.4, -0.2) is 36.5 Å². The van der Waals surface area contributed by atoms with Crippen molar-refractivity contribution in [1.29, 1.82) is 0 Å². The Kier molecular flexibility index (Phi) is 4.34. The van der Waals surface area contributed by atoms with Gasteiger partial charge in [0.1, 0.15) is 11.2 Å². The van der Waals surface area contributed by atoms with Gasteiger partial charge in [-0.15, -0.1) is 0 Å². The molecule has 0 aliphatic carbocycles. The summed E-state index contributed by atoms with van der Waals surface area (Å²) in [6, 6.07) is 5.21. The molecule has 3 heterocycles. The molecule has 0 aliphatic heterocycles. The second-order valence-electron chi connectivity index (χ2n) is 4.99. The highest BCUT2D eigenvalue weighted by Gasteiger charge is 2.17. The Morgan fingerprint density at radius 2 is 2.12 bits per heavy atom. The zero-order valence-corrected chi connectivity index (χ0v) is 14.3. The predicted molar refractivity (Wildman–Crippen MR) is 92.7 cm³/mol. The third-order valence-corrected chi connectivity index (χ3v) is 3.95. The van der Waals surface area contributed by atoms with Crippen LogP contribution >= 0.6 is 11.8 Å². The molecule has 3 rings (SSSR count). The quantitative estimate of drug-likeness (QED) is 0.571. The Morgan fingerprint density at radius 1 is 1.33 bits per heavy atom. The van der Waals surface area contributed by atoms with Crippen molar-refractivity contribution in [2.45, 2.75) is 25.5 Å². The molecule has 9 heteroatoms. The number of carbonyl (C=O) groups excluding carboxylic acids is 1. The van der Waals surface area contributed by atoms with Gasteiger partial charge in [-0.3, -0.25) is 9.59 Å². The van der Waals surface area contributed by atoms with Gasteiger partial charge in [-0.1, -0.05) is 17.8 Å². The van der Waals surface area contributed by atoms with Gasteiger partial charge in [-0.05, 0) is 25.3 Å². The van der Waals surface area contributed by atoms with Crippen molar-refractivity contribution in [3.8, 4) is 5.82 Å². The average molecular weight is 344 g/mol. The van der Waals surface area contributed by atoms with Gasteiger partial charge in [0.15, 0.2) is 16.6 Å². The smallest absolute Gasteiger partial charge is 0.278 e. The lowest BCUT2D eigenvalue weighted by atomic mass is 10.4. The number of nitrogens with one attached hydrogen (secondary N) is 1. The molecule has 8 nitrogen and oxygen atoms in total. The molecule has 0 bridgehead atoms. The second kappa shape index (κ2) is 6.44. The molecule has 0 fully saturated rings. The molecule has 0 saturated carbocycles. The molecule has 124 valence electrons. The standard InChI is InChI=1S/C15H16N6O2S/c1-4-20-14(23)10-8-16-15(24-3)19-13(10)21(20)12-7-5-6-11(18-12)17-9(2)22/h5-8H,4H2,1-3H3,(H,17,18,22).